The monoisotopic (exact) mass is 615 g/mol. The Morgan fingerprint density at radius 3 is 2.40 bits per heavy atom. The minimum absolute atomic E-state index is 0.0466. The van der Waals surface area contributed by atoms with Crippen LogP contribution in [0.5, 0.6) is 5.75 Å². The van der Waals surface area contributed by atoms with Gasteiger partial charge in [-0.25, -0.2) is 0 Å². The van der Waals surface area contributed by atoms with Crippen LogP contribution in [-0.2, 0) is 15.3 Å². The number of halogens is 3. The molecule has 0 radical (unpaired) electrons. The fourth-order valence-electron chi connectivity index (χ4n) is 3.94. The predicted molar refractivity (Wildman–Crippen MR) is 166 cm³/mol. The topological polar surface area (TPSA) is 71.0 Å². The van der Waals surface area contributed by atoms with E-state index in [1.54, 1.807) is 11.8 Å². The molecule has 3 aromatic rings. The molecule has 2 amide bonds. The summed E-state index contributed by atoms with van der Waals surface area (Å²) < 4.78 is 5.85. The van der Waals surface area contributed by atoms with Crippen LogP contribution in [0.3, 0.4) is 0 Å². The number of amidine groups is 1. The zero-order valence-corrected chi connectivity index (χ0v) is 24.8. The maximum Gasteiger partial charge on any atom is 0.255 e. The number of nitrogens with one attached hydrogen (secondary N) is 1. The molecule has 0 fully saturated rings. The highest BCUT2D eigenvalue weighted by molar-refractivity contribution is 7.98. The summed E-state index contributed by atoms with van der Waals surface area (Å²) in [6.07, 6.45) is 4.46. The third-order valence-electron chi connectivity index (χ3n) is 6.01. The van der Waals surface area contributed by atoms with E-state index in [4.69, 9.17) is 39.5 Å². The number of amides is 2. The van der Waals surface area contributed by atoms with Gasteiger partial charge >= 0.3 is 0 Å². The molecule has 1 heterocycles. The van der Waals surface area contributed by atoms with E-state index in [0.717, 1.165) is 34.9 Å². The minimum Gasteiger partial charge on any atom is -0.494 e. The average molecular weight is 617 g/mol. The fourth-order valence-corrected chi connectivity index (χ4v) is 5.77. The van der Waals surface area contributed by atoms with Gasteiger partial charge < -0.3 is 10.1 Å². The van der Waals surface area contributed by atoms with Crippen LogP contribution in [-0.4, -0.2) is 24.3 Å². The molecule has 1 aliphatic heterocycles. The number of thioether (sulfide) groups is 1. The number of ether oxygens (including phenoxy) is 1. The van der Waals surface area contributed by atoms with Crippen molar-refractivity contribution in [3.05, 3.63) is 93.4 Å². The first kappa shape index (κ1) is 30.0. The Bertz CT molecular complexity index is 1370. The van der Waals surface area contributed by atoms with Gasteiger partial charge in [0.1, 0.15) is 17.3 Å². The number of benzene rings is 3. The number of rotatable bonds is 12. The predicted octanol–water partition coefficient (Wildman–Crippen LogP) is 8.39. The van der Waals surface area contributed by atoms with E-state index in [1.807, 2.05) is 18.2 Å². The molecule has 40 heavy (non-hydrogen) atoms. The first-order valence-electron chi connectivity index (χ1n) is 12.7. The molecule has 0 aliphatic carbocycles. The van der Waals surface area contributed by atoms with E-state index >= 15 is 0 Å². The van der Waals surface area contributed by atoms with Crippen LogP contribution in [0.1, 0.15) is 43.2 Å². The summed E-state index contributed by atoms with van der Waals surface area (Å²) in [5.74, 6) is 1.44. The van der Waals surface area contributed by atoms with Gasteiger partial charge in [-0.3, -0.25) is 9.59 Å². The molecule has 0 saturated carbocycles. The maximum absolute atomic E-state index is 12.4. The van der Waals surface area contributed by atoms with E-state index in [9.17, 15) is 9.59 Å². The van der Waals surface area contributed by atoms with Crippen molar-refractivity contribution in [2.24, 2.45) is 5.10 Å². The second-order valence-corrected chi connectivity index (χ2v) is 11.4. The number of carbonyl (C=O) groups is 2. The van der Waals surface area contributed by atoms with Gasteiger partial charge in [0, 0.05) is 22.1 Å². The summed E-state index contributed by atoms with van der Waals surface area (Å²) >= 11 is 20.1. The van der Waals surface area contributed by atoms with Crippen molar-refractivity contribution in [2.75, 3.05) is 11.6 Å². The number of anilines is 1. The molecule has 3 aromatic carbocycles. The van der Waals surface area contributed by atoms with Gasteiger partial charge in [0.25, 0.3) is 5.91 Å². The van der Waals surface area contributed by atoms with Crippen molar-refractivity contribution in [1.82, 2.24) is 5.32 Å². The molecule has 0 atom stereocenters. The molecule has 10 heteroatoms. The summed E-state index contributed by atoms with van der Waals surface area (Å²) in [4.78, 5) is 26.0. The van der Waals surface area contributed by atoms with E-state index < -0.39 is 0 Å². The summed E-state index contributed by atoms with van der Waals surface area (Å²) in [5, 5.41) is 8.75. The molecule has 1 N–H and O–H groups in total. The zero-order chi connectivity index (χ0) is 28.5. The van der Waals surface area contributed by atoms with Gasteiger partial charge in [0.2, 0.25) is 5.91 Å². The van der Waals surface area contributed by atoms with Gasteiger partial charge in [0.05, 0.1) is 23.1 Å². The first-order chi connectivity index (χ1) is 19.3. The van der Waals surface area contributed by atoms with E-state index in [-0.39, 0.29) is 39.8 Å². The van der Waals surface area contributed by atoms with Crippen LogP contribution in [0.4, 0.5) is 5.69 Å². The lowest BCUT2D eigenvalue weighted by Gasteiger charge is -2.15. The molecule has 208 valence electrons. The van der Waals surface area contributed by atoms with Crippen molar-refractivity contribution in [3.8, 4) is 5.75 Å². The highest BCUT2D eigenvalue weighted by Crippen LogP contribution is 2.38. The molecular formula is C30H28Cl3N3O3S. The molecule has 0 spiro atoms. The van der Waals surface area contributed by atoms with Crippen LogP contribution in [0.2, 0.25) is 15.1 Å². The standard InChI is InChI=1S/C30H28Cl3N3O3S/c1-2-20-7-9-21(10-8-20)19-40-24-13-11-23(12-14-24)39-15-5-3-4-6-28(37)34-27-18-29(38)36(35-27)30-25(32)16-22(31)17-26(30)33/h2,7-14,16-17H,1,3-6,15,18-19H2,(H,34,35,37). The second kappa shape index (κ2) is 14.6. The van der Waals surface area contributed by atoms with Gasteiger partial charge in [-0.05, 0) is 66.8 Å². The van der Waals surface area contributed by atoms with Crippen LogP contribution >= 0.6 is 46.6 Å². The molecule has 4 rings (SSSR count). The Balaban J connectivity index is 1.12. The molecule has 6 nitrogen and oxygen atoms in total. The minimum atomic E-state index is -0.344. The third kappa shape index (κ3) is 8.51. The highest BCUT2D eigenvalue weighted by Gasteiger charge is 2.29. The van der Waals surface area contributed by atoms with Crippen LogP contribution in [0, 0.1) is 0 Å². The van der Waals surface area contributed by atoms with Crippen molar-refractivity contribution >= 4 is 76.0 Å². The molecule has 1 aliphatic rings. The number of hydrogen-bond donors (Lipinski definition) is 1. The summed E-state index contributed by atoms with van der Waals surface area (Å²) in [6.45, 7) is 4.36. The third-order valence-corrected chi connectivity index (χ3v) is 7.89. The number of carbonyl (C=O) groups excluding carboxylic acids is 2. The molecule has 0 saturated heterocycles. The van der Waals surface area contributed by atoms with Crippen molar-refractivity contribution in [3.63, 3.8) is 0 Å². The van der Waals surface area contributed by atoms with Crippen LogP contribution in [0.25, 0.3) is 6.08 Å². The van der Waals surface area contributed by atoms with E-state index in [2.05, 4.69) is 53.4 Å². The van der Waals surface area contributed by atoms with Crippen molar-refractivity contribution in [1.29, 1.82) is 0 Å². The van der Waals surface area contributed by atoms with E-state index in [0.29, 0.717) is 24.5 Å². The molecule has 0 unspecified atom stereocenters. The Labute approximate surface area is 253 Å². The molecule has 0 aromatic heterocycles. The van der Waals surface area contributed by atoms with E-state index in [1.165, 1.54) is 22.6 Å². The lowest BCUT2D eigenvalue weighted by Crippen LogP contribution is -2.29. The Kier molecular flexibility index (Phi) is 10.9. The van der Waals surface area contributed by atoms with Gasteiger partial charge in [-0.2, -0.15) is 10.1 Å². The maximum atomic E-state index is 12.4. The molecule has 0 bridgehead atoms. The lowest BCUT2D eigenvalue weighted by molar-refractivity contribution is -0.119. The highest BCUT2D eigenvalue weighted by atomic mass is 35.5. The van der Waals surface area contributed by atoms with Crippen LogP contribution in [0.15, 0.2) is 77.2 Å². The largest absolute Gasteiger partial charge is 0.494 e. The van der Waals surface area contributed by atoms with Gasteiger partial charge in [-0.1, -0.05) is 71.7 Å². The second-order valence-electron chi connectivity index (χ2n) is 9.06. The summed E-state index contributed by atoms with van der Waals surface area (Å²) in [6, 6.07) is 19.4. The normalized spacial score (nSPS) is 12.8. The summed E-state index contributed by atoms with van der Waals surface area (Å²) in [7, 11) is 0. The van der Waals surface area contributed by atoms with Gasteiger partial charge in [0.15, 0.2) is 0 Å². The SMILES string of the molecule is C=Cc1ccc(CSc2ccc(OCCCCCC(=O)NC3=NN(c4c(Cl)cc(Cl)cc4Cl)C(=O)C3)cc2)cc1. The smallest absolute Gasteiger partial charge is 0.255 e. The Morgan fingerprint density at radius 1 is 1.02 bits per heavy atom. The number of hydrazone groups is 1. The summed E-state index contributed by atoms with van der Waals surface area (Å²) in [5.41, 5.74) is 2.63. The van der Waals surface area contributed by atoms with Crippen LogP contribution < -0.4 is 15.1 Å². The zero-order valence-electron chi connectivity index (χ0n) is 21.7. The number of nitrogens with zero attached hydrogens (tertiary/aromatic N) is 2. The Hall–Kier alpha value is -2.97. The lowest BCUT2D eigenvalue weighted by atomic mass is 10.1. The van der Waals surface area contributed by atoms with Gasteiger partial charge in [-0.15, -0.1) is 11.8 Å². The van der Waals surface area contributed by atoms with Crippen molar-refractivity contribution < 1.29 is 14.3 Å². The average Bonchev–Trinajstić information content (AvgIpc) is 3.28. The number of hydrogen-bond acceptors (Lipinski definition) is 5. The number of unbranched alkanes of at least 4 members (excludes halogenated alkanes) is 2. The molecular weight excluding hydrogens is 589 g/mol. The first-order valence-corrected chi connectivity index (χ1v) is 14.9. The fraction of sp³-hybridized carbons (Fsp3) is 0.233. The van der Waals surface area contributed by atoms with Crippen molar-refractivity contribution in [2.45, 2.75) is 42.8 Å². The Morgan fingerprint density at radius 2 is 1.73 bits per heavy atom. The quantitative estimate of drug-likeness (QED) is 0.164.